The third kappa shape index (κ3) is 3.01. The Hall–Kier alpha value is -2.12. The Balaban J connectivity index is 2.00. The monoisotopic (exact) mass is 268 g/mol. The van der Waals surface area contributed by atoms with Crippen LogP contribution in [-0.4, -0.2) is 31.9 Å². The van der Waals surface area contributed by atoms with Crippen LogP contribution in [0.3, 0.4) is 0 Å². The van der Waals surface area contributed by atoms with Crippen molar-refractivity contribution in [3.05, 3.63) is 22.0 Å². The highest BCUT2D eigenvalue weighted by atomic mass is 16.6. The molecule has 0 bridgehead atoms. The Bertz CT molecular complexity index is 491. The van der Waals surface area contributed by atoms with E-state index in [1.165, 1.54) is 6.20 Å². The van der Waals surface area contributed by atoms with Crippen molar-refractivity contribution >= 4 is 11.8 Å². The van der Waals surface area contributed by atoms with Gasteiger partial charge in [0.25, 0.3) is 0 Å². The Morgan fingerprint density at radius 1 is 1.53 bits per heavy atom. The maximum Gasteiger partial charge on any atom is 0.404 e. The first-order chi connectivity index (χ1) is 8.97. The first-order valence-electron chi connectivity index (χ1n) is 6.17. The highest BCUT2D eigenvalue weighted by Crippen LogP contribution is 2.30. The topological polar surface area (TPSA) is 110 Å². The number of hydrogen-bond acceptors (Lipinski definition) is 4. The van der Waals surface area contributed by atoms with Crippen molar-refractivity contribution in [1.82, 2.24) is 15.1 Å². The van der Waals surface area contributed by atoms with Gasteiger partial charge in [-0.3, -0.25) is 14.8 Å². The van der Waals surface area contributed by atoms with E-state index < -0.39 is 11.0 Å². The summed E-state index contributed by atoms with van der Waals surface area (Å²) in [5, 5.41) is 26.1. The van der Waals surface area contributed by atoms with Crippen LogP contribution in [0, 0.1) is 17.0 Å². The number of aromatic nitrogens is 2. The van der Waals surface area contributed by atoms with Crippen molar-refractivity contribution in [2.24, 2.45) is 0 Å². The Labute approximate surface area is 109 Å². The van der Waals surface area contributed by atoms with E-state index >= 15 is 0 Å². The molecule has 0 atom stereocenters. The van der Waals surface area contributed by atoms with Crippen LogP contribution in [0.1, 0.15) is 37.4 Å². The molecule has 1 aromatic heterocycles. The van der Waals surface area contributed by atoms with Crippen LogP contribution in [0.4, 0.5) is 10.5 Å². The second-order valence-electron chi connectivity index (χ2n) is 4.79. The zero-order valence-corrected chi connectivity index (χ0v) is 10.6. The van der Waals surface area contributed by atoms with E-state index in [4.69, 9.17) is 5.11 Å². The molecule has 1 heterocycles. The molecule has 1 aliphatic rings. The van der Waals surface area contributed by atoms with Crippen LogP contribution >= 0.6 is 0 Å². The van der Waals surface area contributed by atoms with Crippen LogP contribution in [0.15, 0.2) is 6.20 Å². The number of nitrogens with one attached hydrogen (secondary N) is 1. The summed E-state index contributed by atoms with van der Waals surface area (Å²) in [5.41, 5.74) is 0.446. The van der Waals surface area contributed by atoms with Crippen LogP contribution in [0.25, 0.3) is 0 Å². The summed E-state index contributed by atoms with van der Waals surface area (Å²) >= 11 is 0. The molecule has 8 nitrogen and oxygen atoms in total. The first kappa shape index (κ1) is 13.3. The van der Waals surface area contributed by atoms with Gasteiger partial charge >= 0.3 is 11.8 Å². The lowest BCUT2D eigenvalue weighted by Crippen LogP contribution is -2.37. The number of aryl methyl sites for hydroxylation is 1. The Morgan fingerprint density at radius 3 is 2.63 bits per heavy atom. The highest BCUT2D eigenvalue weighted by molar-refractivity contribution is 5.64. The van der Waals surface area contributed by atoms with Gasteiger partial charge in [-0.15, -0.1) is 0 Å². The molecule has 0 aromatic carbocycles. The molecule has 1 fully saturated rings. The van der Waals surface area contributed by atoms with E-state index in [2.05, 4.69) is 10.4 Å². The van der Waals surface area contributed by atoms with Gasteiger partial charge in [-0.1, -0.05) is 0 Å². The summed E-state index contributed by atoms with van der Waals surface area (Å²) in [6.07, 6.45) is 3.44. The number of carboxylic acid groups (broad SMARTS) is 1. The third-order valence-electron chi connectivity index (χ3n) is 3.49. The van der Waals surface area contributed by atoms with Gasteiger partial charge < -0.3 is 10.4 Å². The lowest BCUT2D eigenvalue weighted by molar-refractivity contribution is -0.385. The van der Waals surface area contributed by atoms with Crippen LogP contribution < -0.4 is 5.32 Å². The molecule has 1 aromatic rings. The van der Waals surface area contributed by atoms with E-state index in [0.717, 1.165) is 25.7 Å². The molecule has 1 amide bonds. The van der Waals surface area contributed by atoms with E-state index in [-0.39, 0.29) is 17.8 Å². The van der Waals surface area contributed by atoms with Crippen molar-refractivity contribution in [3.8, 4) is 0 Å². The Kier molecular flexibility index (Phi) is 3.68. The third-order valence-corrected chi connectivity index (χ3v) is 3.49. The summed E-state index contributed by atoms with van der Waals surface area (Å²) in [6.45, 7) is 1.62. The SMILES string of the molecule is Cc1nn(C2CCC(NC(=O)O)CC2)cc1[N+](=O)[O-]. The van der Waals surface area contributed by atoms with Gasteiger partial charge in [-0.25, -0.2) is 4.79 Å². The molecular weight excluding hydrogens is 252 g/mol. The summed E-state index contributed by atoms with van der Waals surface area (Å²) in [5.74, 6) is 0. The standard InChI is InChI=1S/C11H16N4O4/c1-7-10(15(18)19)6-14(13-7)9-4-2-8(3-5-9)12-11(16)17/h6,8-9,12H,2-5H2,1H3,(H,16,17). The fraction of sp³-hybridized carbons (Fsp3) is 0.636. The summed E-state index contributed by atoms with van der Waals surface area (Å²) in [6, 6.07) is 0.0830. The number of carbonyl (C=O) groups is 1. The molecule has 2 N–H and O–H groups in total. The number of hydrogen-bond donors (Lipinski definition) is 2. The molecule has 0 saturated heterocycles. The van der Waals surface area contributed by atoms with Gasteiger partial charge in [0.1, 0.15) is 11.9 Å². The first-order valence-corrected chi connectivity index (χ1v) is 6.17. The van der Waals surface area contributed by atoms with Gasteiger partial charge in [0.15, 0.2) is 0 Å². The normalized spacial score (nSPS) is 23.0. The maximum absolute atomic E-state index is 10.8. The lowest BCUT2D eigenvalue weighted by Gasteiger charge is -2.28. The van der Waals surface area contributed by atoms with Gasteiger partial charge in [0.2, 0.25) is 0 Å². The smallest absolute Gasteiger partial charge is 0.404 e. The molecule has 1 saturated carbocycles. The van der Waals surface area contributed by atoms with Crippen LogP contribution in [0.2, 0.25) is 0 Å². The van der Waals surface area contributed by atoms with E-state index in [1.54, 1.807) is 11.6 Å². The zero-order chi connectivity index (χ0) is 14.0. The predicted octanol–water partition coefficient (Wildman–Crippen LogP) is 1.85. The Morgan fingerprint density at radius 2 is 2.16 bits per heavy atom. The van der Waals surface area contributed by atoms with Gasteiger partial charge in [0, 0.05) is 6.04 Å². The molecule has 0 radical (unpaired) electrons. The molecule has 104 valence electrons. The largest absolute Gasteiger partial charge is 0.465 e. The molecule has 19 heavy (non-hydrogen) atoms. The average Bonchev–Trinajstić information content (AvgIpc) is 2.71. The van der Waals surface area contributed by atoms with E-state index in [0.29, 0.717) is 5.69 Å². The quantitative estimate of drug-likeness (QED) is 0.642. The van der Waals surface area contributed by atoms with Gasteiger partial charge in [-0.05, 0) is 32.6 Å². The second-order valence-corrected chi connectivity index (χ2v) is 4.79. The molecule has 0 spiro atoms. The van der Waals surface area contributed by atoms with Crippen molar-refractivity contribution < 1.29 is 14.8 Å². The van der Waals surface area contributed by atoms with Crippen molar-refractivity contribution in [3.63, 3.8) is 0 Å². The van der Waals surface area contributed by atoms with Crippen molar-refractivity contribution in [2.45, 2.75) is 44.7 Å². The lowest BCUT2D eigenvalue weighted by atomic mass is 9.91. The zero-order valence-electron chi connectivity index (χ0n) is 10.6. The summed E-state index contributed by atoms with van der Waals surface area (Å²) in [7, 11) is 0. The van der Waals surface area contributed by atoms with Crippen LogP contribution in [-0.2, 0) is 0 Å². The number of amides is 1. The number of rotatable bonds is 3. The molecule has 2 rings (SSSR count). The van der Waals surface area contributed by atoms with E-state index in [9.17, 15) is 14.9 Å². The highest BCUT2D eigenvalue weighted by Gasteiger charge is 2.26. The fourth-order valence-electron chi connectivity index (χ4n) is 2.50. The predicted molar refractivity (Wildman–Crippen MR) is 66.1 cm³/mol. The minimum absolute atomic E-state index is 0.0274. The molecular formula is C11H16N4O4. The summed E-state index contributed by atoms with van der Waals surface area (Å²) < 4.78 is 1.64. The van der Waals surface area contributed by atoms with Crippen molar-refractivity contribution in [2.75, 3.05) is 0 Å². The molecule has 8 heteroatoms. The van der Waals surface area contributed by atoms with E-state index in [1.807, 2.05) is 0 Å². The minimum atomic E-state index is -1.01. The average molecular weight is 268 g/mol. The number of nitro groups is 1. The fourth-order valence-corrected chi connectivity index (χ4v) is 2.50. The molecule has 1 aliphatic carbocycles. The number of nitrogens with zero attached hydrogens (tertiary/aromatic N) is 3. The van der Waals surface area contributed by atoms with Gasteiger partial charge in [0.05, 0.1) is 11.0 Å². The molecule has 0 aliphatic heterocycles. The summed E-state index contributed by atoms with van der Waals surface area (Å²) in [4.78, 5) is 20.9. The van der Waals surface area contributed by atoms with Crippen LogP contribution in [0.5, 0.6) is 0 Å². The maximum atomic E-state index is 10.8. The second kappa shape index (κ2) is 5.25. The van der Waals surface area contributed by atoms with Gasteiger partial charge in [-0.2, -0.15) is 5.10 Å². The molecule has 0 unspecified atom stereocenters. The van der Waals surface area contributed by atoms with Crippen molar-refractivity contribution in [1.29, 1.82) is 0 Å². The minimum Gasteiger partial charge on any atom is -0.465 e.